The van der Waals surface area contributed by atoms with Crippen LogP contribution in [0.25, 0.3) is 11.3 Å². The van der Waals surface area contributed by atoms with E-state index in [1.54, 1.807) is 12.1 Å². The number of para-hydroxylation sites is 1. The van der Waals surface area contributed by atoms with Crippen LogP contribution in [-0.4, -0.2) is 21.6 Å². The third-order valence-corrected chi connectivity index (χ3v) is 5.02. The lowest BCUT2D eigenvalue weighted by Gasteiger charge is -2.11. The van der Waals surface area contributed by atoms with E-state index in [-0.39, 0.29) is 17.2 Å². The van der Waals surface area contributed by atoms with E-state index in [9.17, 15) is 14.9 Å². The van der Waals surface area contributed by atoms with Crippen molar-refractivity contribution in [2.75, 3.05) is 11.1 Å². The van der Waals surface area contributed by atoms with Gasteiger partial charge in [0.25, 0.3) is 5.56 Å². The fourth-order valence-corrected chi connectivity index (χ4v) is 3.41. The van der Waals surface area contributed by atoms with Crippen molar-refractivity contribution in [1.29, 1.82) is 5.26 Å². The van der Waals surface area contributed by atoms with Gasteiger partial charge in [-0.1, -0.05) is 60.3 Å². The van der Waals surface area contributed by atoms with Gasteiger partial charge in [0.05, 0.1) is 11.4 Å². The molecule has 1 aromatic heterocycles. The van der Waals surface area contributed by atoms with E-state index in [1.165, 1.54) is 0 Å². The number of aromatic nitrogens is 2. The molecule has 0 saturated heterocycles. The summed E-state index contributed by atoms with van der Waals surface area (Å²) in [5.74, 6) is -0.118. The molecule has 0 radical (unpaired) electrons. The fraction of sp³-hybridized carbons (Fsp3) is 0.143. The smallest absolute Gasteiger partial charge is 0.270 e. The predicted octanol–water partition coefficient (Wildman–Crippen LogP) is 3.66. The highest BCUT2D eigenvalue weighted by Crippen LogP contribution is 2.23. The molecule has 28 heavy (non-hydrogen) atoms. The first-order valence-electron chi connectivity index (χ1n) is 8.58. The zero-order valence-corrected chi connectivity index (χ0v) is 16.3. The molecule has 7 heteroatoms. The van der Waals surface area contributed by atoms with Crippen LogP contribution in [0.3, 0.4) is 0 Å². The number of hydrogen-bond acceptors (Lipinski definition) is 5. The van der Waals surface area contributed by atoms with Crippen molar-refractivity contribution >= 4 is 23.4 Å². The highest BCUT2D eigenvalue weighted by atomic mass is 32.2. The number of hydrogen-bond donors (Lipinski definition) is 2. The van der Waals surface area contributed by atoms with E-state index >= 15 is 0 Å². The normalized spacial score (nSPS) is 10.3. The fourth-order valence-electron chi connectivity index (χ4n) is 2.75. The Hall–Kier alpha value is -3.37. The van der Waals surface area contributed by atoms with Crippen molar-refractivity contribution < 1.29 is 4.79 Å². The van der Waals surface area contributed by atoms with Crippen molar-refractivity contribution in [1.82, 2.24) is 9.97 Å². The molecule has 6 nitrogen and oxygen atoms in total. The molecule has 0 atom stereocenters. The van der Waals surface area contributed by atoms with Crippen LogP contribution < -0.4 is 10.9 Å². The first-order chi connectivity index (χ1) is 13.5. The van der Waals surface area contributed by atoms with Crippen LogP contribution in [0.15, 0.2) is 58.5 Å². The monoisotopic (exact) mass is 390 g/mol. The molecule has 1 heterocycles. The first kappa shape index (κ1) is 19.4. The second-order valence-corrected chi connectivity index (χ2v) is 7.14. The summed E-state index contributed by atoms with van der Waals surface area (Å²) < 4.78 is 0. The number of anilines is 1. The maximum Gasteiger partial charge on any atom is 0.270 e. The zero-order chi connectivity index (χ0) is 20.1. The molecule has 0 bridgehead atoms. The topological polar surface area (TPSA) is 98.6 Å². The quantitative estimate of drug-likeness (QED) is 0.512. The molecule has 0 aliphatic rings. The molecule has 1 amide bonds. The van der Waals surface area contributed by atoms with Gasteiger partial charge >= 0.3 is 0 Å². The van der Waals surface area contributed by atoms with Gasteiger partial charge in [0.15, 0.2) is 5.16 Å². The Balaban J connectivity index is 1.80. The van der Waals surface area contributed by atoms with Gasteiger partial charge in [-0.05, 0) is 25.0 Å². The van der Waals surface area contributed by atoms with Crippen LogP contribution in [0, 0.1) is 25.2 Å². The number of nitriles is 1. The zero-order valence-electron chi connectivity index (χ0n) is 15.4. The molecule has 3 aromatic rings. The van der Waals surface area contributed by atoms with Crippen LogP contribution in [0.5, 0.6) is 0 Å². The lowest BCUT2D eigenvalue weighted by molar-refractivity contribution is -0.113. The van der Waals surface area contributed by atoms with E-state index in [0.717, 1.165) is 28.6 Å². The first-order valence-corrected chi connectivity index (χ1v) is 9.57. The molecule has 0 unspecified atom stereocenters. The number of aromatic amines is 1. The number of aryl methyl sites for hydroxylation is 2. The largest absolute Gasteiger partial charge is 0.325 e. The number of benzene rings is 2. The molecule has 0 saturated carbocycles. The Morgan fingerprint density at radius 1 is 1.14 bits per heavy atom. The third kappa shape index (κ3) is 4.30. The minimum Gasteiger partial charge on any atom is -0.325 e. The number of carbonyl (C=O) groups excluding carboxylic acids is 1. The van der Waals surface area contributed by atoms with Crippen molar-refractivity contribution in [3.63, 3.8) is 0 Å². The third-order valence-electron chi connectivity index (χ3n) is 4.14. The maximum atomic E-state index is 12.3. The van der Waals surface area contributed by atoms with Crippen LogP contribution in [0.4, 0.5) is 5.69 Å². The number of nitrogens with one attached hydrogen (secondary N) is 2. The lowest BCUT2D eigenvalue weighted by Crippen LogP contribution is -2.18. The summed E-state index contributed by atoms with van der Waals surface area (Å²) in [6.45, 7) is 3.86. The average molecular weight is 390 g/mol. The summed E-state index contributed by atoms with van der Waals surface area (Å²) in [7, 11) is 0. The number of rotatable bonds is 5. The molecular formula is C21H18N4O2S. The van der Waals surface area contributed by atoms with Gasteiger partial charge in [-0.2, -0.15) is 5.26 Å². The number of carbonyl (C=O) groups is 1. The van der Waals surface area contributed by atoms with Crippen molar-refractivity contribution in [2.45, 2.75) is 19.0 Å². The minimum atomic E-state index is -0.519. The molecule has 2 aromatic carbocycles. The summed E-state index contributed by atoms with van der Waals surface area (Å²) in [6.07, 6.45) is 0. The van der Waals surface area contributed by atoms with Crippen LogP contribution in [0.2, 0.25) is 0 Å². The molecule has 0 aliphatic carbocycles. The summed E-state index contributed by atoms with van der Waals surface area (Å²) >= 11 is 1.11. The van der Waals surface area contributed by atoms with E-state index in [0.29, 0.717) is 16.4 Å². The van der Waals surface area contributed by atoms with Gasteiger partial charge < -0.3 is 10.3 Å². The highest BCUT2D eigenvalue weighted by Gasteiger charge is 2.15. The highest BCUT2D eigenvalue weighted by molar-refractivity contribution is 7.99. The summed E-state index contributed by atoms with van der Waals surface area (Å²) in [5.41, 5.74) is 3.17. The number of nitrogens with zero attached hydrogens (tertiary/aromatic N) is 2. The van der Waals surface area contributed by atoms with E-state index < -0.39 is 5.56 Å². The standard InChI is InChI=1S/C21H18N4O2S/c1-13-7-6-8-14(2)18(13)23-17(26)12-28-21-24-19(15-9-4-3-5-10-15)16(11-22)20(27)25-21/h3-10H,12H2,1-2H3,(H,23,26)(H,24,25,27). The number of H-pyrrole nitrogens is 1. The summed E-state index contributed by atoms with van der Waals surface area (Å²) in [5, 5.41) is 12.5. The molecule has 140 valence electrons. The van der Waals surface area contributed by atoms with Gasteiger partial charge in [-0.25, -0.2) is 4.98 Å². The van der Waals surface area contributed by atoms with Crippen molar-refractivity contribution in [3.8, 4) is 17.3 Å². The van der Waals surface area contributed by atoms with Gasteiger partial charge in [0.1, 0.15) is 11.6 Å². The summed E-state index contributed by atoms with van der Waals surface area (Å²) in [6, 6.07) is 16.7. The van der Waals surface area contributed by atoms with E-state index in [4.69, 9.17) is 0 Å². The average Bonchev–Trinajstić information content (AvgIpc) is 2.69. The Morgan fingerprint density at radius 3 is 2.46 bits per heavy atom. The lowest BCUT2D eigenvalue weighted by atomic mass is 10.1. The van der Waals surface area contributed by atoms with Gasteiger partial charge in [0.2, 0.25) is 5.91 Å². The van der Waals surface area contributed by atoms with Crippen molar-refractivity contribution in [3.05, 3.63) is 75.6 Å². The van der Waals surface area contributed by atoms with Crippen LogP contribution >= 0.6 is 11.8 Å². The van der Waals surface area contributed by atoms with E-state index in [1.807, 2.05) is 56.3 Å². The molecule has 3 rings (SSSR count). The summed E-state index contributed by atoms with van der Waals surface area (Å²) in [4.78, 5) is 31.6. The van der Waals surface area contributed by atoms with Gasteiger partial charge in [0, 0.05) is 11.3 Å². The Bertz CT molecular complexity index is 1100. The number of amides is 1. The second kappa shape index (κ2) is 8.55. The maximum absolute atomic E-state index is 12.3. The van der Waals surface area contributed by atoms with Crippen LogP contribution in [0.1, 0.15) is 16.7 Å². The Labute approximate surface area is 166 Å². The molecule has 2 N–H and O–H groups in total. The SMILES string of the molecule is Cc1cccc(C)c1NC(=O)CSc1nc(-c2ccccc2)c(C#N)c(=O)[nH]1. The Kier molecular flexibility index (Phi) is 5.92. The second-order valence-electron chi connectivity index (χ2n) is 6.18. The number of thioether (sulfide) groups is 1. The van der Waals surface area contributed by atoms with Gasteiger partial charge in [-0.3, -0.25) is 9.59 Å². The predicted molar refractivity (Wildman–Crippen MR) is 110 cm³/mol. The molecule has 0 aliphatic heterocycles. The minimum absolute atomic E-state index is 0.0458. The Morgan fingerprint density at radius 2 is 1.82 bits per heavy atom. The molecular weight excluding hydrogens is 372 g/mol. The van der Waals surface area contributed by atoms with Crippen molar-refractivity contribution in [2.24, 2.45) is 0 Å². The van der Waals surface area contributed by atoms with Gasteiger partial charge in [-0.15, -0.1) is 0 Å². The van der Waals surface area contributed by atoms with E-state index in [2.05, 4.69) is 15.3 Å². The molecule has 0 spiro atoms. The molecule has 0 fully saturated rings. The van der Waals surface area contributed by atoms with Crippen LogP contribution in [-0.2, 0) is 4.79 Å².